The van der Waals surface area contributed by atoms with E-state index >= 15 is 0 Å². The van der Waals surface area contributed by atoms with E-state index in [2.05, 4.69) is 44.1 Å². The van der Waals surface area contributed by atoms with Crippen LogP contribution in [-0.2, 0) is 9.59 Å². The van der Waals surface area contributed by atoms with Gasteiger partial charge in [-0.15, -0.1) is 0 Å². The van der Waals surface area contributed by atoms with Gasteiger partial charge < -0.3 is 5.32 Å². The van der Waals surface area contributed by atoms with Crippen LogP contribution in [0.25, 0.3) is 0 Å². The Morgan fingerprint density at radius 3 is 2.27 bits per heavy atom. The van der Waals surface area contributed by atoms with Gasteiger partial charge in [-0.25, -0.2) is 0 Å². The summed E-state index contributed by atoms with van der Waals surface area (Å²) in [6.45, 7) is 5.84. The van der Waals surface area contributed by atoms with Crippen LogP contribution in [0.5, 0.6) is 0 Å². The van der Waals surface area contributed by atoms with E-state index in [-0.39, 0.29) is 29.8 Å². The fourth-order valence-electron chi connectivity index (χ4n) is 2.52. The maximum atomic E-state index is 12.2. The Morgan fingerprint density at radius 1 is 0.900 bits per heavy atom. The summed E-state index contributed by atoms with van der Waals surface area (Å²) in [4.78, 5) is 36.2. The van der Waals surface area contributed by atoms with Crippen LogP contribution in [0.3, 0.4) is 0 Å². The van der Waals surface area contributed by atoms with Gasteiger partial charge in [-0.05, 0) is 84.9 Å². The molecule has 0 aliphatic carbocycles. The summed E-state index contributed by atoms with van der Waals surface area (Å²) in [7, 11) is 0. The monoisotopic (exact) mass is 538 g/mol. The van der Waals surface area contributed by atoms with Gasteiger partial charge in [-0.2, -0.15) is 0 Å². The van der Waals surface area contributed by atoms with Gasteiger partial charge in [0.15, 0.2) is 5.11 Å². The topological polar surface area (TPSA) is 99.3 Å². The fraction of sp³-hybridized carbons (Fsp3) is 0.238. The molecule has 158 valence electrons. The zero-order valence-electron chi connectivity index (χ0n) is 16.9. The smallest absolute Gasteiger partial charge is 0.257 e. The largest absolute Gasteiger partial charge is 0.326 e. The highest BCUT2D eigenvalue weighted by atomic mass is 127. The number of halogens is 1. The van der Waals surface area contributed by atoms with Gasteiger partial charge in [0.1, 0.15) is 0 Å². The van der Waals surface area contributed by atoms with E-state index in [0.29, 0.717) is 5.56 Å². The van der Waals surface area contributed by atoms with Crippen molar-refractivity contribution in [3.8, 4) is 0 Å². The molecule has 0 heterocycles. The van der Waals surface area contributed by atoms with Crippen LogP contribution in [0.15, 0.2) is 36.4 Å². The number of thiocarbonyl (C=S) groups is 1. The number of anilines is 1. The predicted octanol–water partition coefficient (Wildman–Crippen LogP) is 3.27. The number of nitrogens with one attached hydrogen (secondary N) is 4. The normalized spacial score (nSPS) is 10.1. The van der Waals surface area contributed by atoms with Crippen molar-refractivity contribution >= 4 is 63.3 Å². The molecule has 0 aliphatic heterocycles. The summed E-state index contributed by atoms with van der Waals surface area (Å²) in [6, 6.07) is 11.0. The Labute approximate surface area is 194 Å². The minimum atomic E-state index is -0.424. The minimum absolute atomic E-state index is 0.0156. The number of hydrazine groups is 1. The lowest BCUT2D eigenvalue weighted by molar-refractivity contribution is -0.124. The summed E-state index contributed by atoms with van der Waals surface area (Å²) in [6.07, 6.45) is -0.0157. The lowest BCUT2D eigenvalue weighted by Gasteiger charge is -2.12. The van der Waals surface area contributed by atoms with Gasteiger partial charge in [0.05, 0.1) is 0 Å². The van der Waals surface area contributed by atoms with E-state index in [9.17, 15) is 14.4 Å². The molecule has 0 atom stereocenters. The number of hydrogen-bond acceptors (Lipinski definition) is 4. The average Bonchev–Trinajstić information content (AvgIpc) is 2.69. The van der Waals surface area contributed by atoms with Crippen molar-refractivity contribution < 1.29 is 14.4 Å². The molecule has 0 fully saturated rings. The SMILES string of the molecule is Cc1ccc(NC(=O)CCC(=O)NNC(=S)NC(=O)c2ccc(C)c(I)c2)c(C)c1. The molecular weight excluding hydrogens is 515 g/mol. The van der Waals surface area contributed by atoms with E-state index in [1.165, 1.54) is 0 Å². The third-order valence-electron chi connectivity index (χ3n) is 4.21. The van der Waals surface area contributed by atoms with Crippen molar-refractivity contribution in [2.75, 3.05) is 5.32 Å². The highest BCUT2D eigenvalue weighted by Crippen LogP contribution is 2.16. The molecule has 0 radical (unpaired) electrons. The summed E-state index contributed by atoms with van der Waals surface area (Å²) in [5, 5.41) is 5.24. The zero-order valence-corrected chi connectivity index (χ0v) is 19.9. The maximum absolute atomic E-state index is 12.2. The van der Waals surface area contributed by atoms with Gasteiger partial charge in [0, 0.05) is 27.7 Å². The van der Waals surface area contributed by atoms with Crippen LogP contribution < -0.4 is 21.5 Å². The maximum Gasteiger partial charge on any atom is 0.257 e. The van der Waals surface area contributed by atoms with Crippen molar-refractivity contribution in [3.63, 3.8) is 0 Å². The van der Waals surface area contributed by atoms with E-state index in [4.69, 9.17) is 12.2 Å². The highest BCUT2D eigenvalue weighted by molar-refractivity contribution is 14.1. The van der Waals surface area contributed by atoms with Crippen molar-refractivity contribution in [2.45, 2.75) is 33.6 Å². The second-order valence-corrected chi connectivity index (χ2v) is 8.36. The standard InChI is InChI=1S/C21H23IN4O3S/c1-12-4-7-17(14(3)10-12)23-18(27)8-9-19(28)25-26-21(30)24-20(29)15-6-5-13(2)16(22)11-15/h4-7,10-11H,8-9H2,1-3H3,(H,23,27)(H,25,28)(H2,24,26,29,30). The molecule has 2 aromatic carbocycles. The first-order valence-electron chi connectivity index (χ1n) is 9.19. The second kappa shape index (κ2) is 11.0. The molecule has 2 aromatic rings. The molecule has 2 rings (SSSR count). The summed E-state index contributed by atoms with van der Waals surface area (Å²) >= 11 is 7.16. The number of rotatable bonds is 5. The molecule has 4 N–H and O–H groups in total. The Hall–Kier alpha value is -2.53. The minimum Gasteiger partial charge on any atom is -0.326 e. The number of amides is 3. The van der Waals surface area contributed by atoms with Gasteiger partial charge in [0.2, 0.25) is 11.8 Å². The Balaban J connectivity index is 1.73. The summed E-state index contributed by atoms with van der Waals surface area (Å²) in [5.41, 5.74) is 9.15. The molecule has 0 bridgehead atoms. The number of carbonyl (C=O) groups excluding carboxylic acids is 3. The van der Waals surface area contributed by atoms with E-state index < -0.39 is 5.91 Å². The molecule has 0 saturated carbocycles. The van der Waals surface area contributed by atoms with Gasteiger partial charge in [-0.3, -0.25) is 30.6 Å². The lowest BCUT2D eigenvalue weighted by Crippen LogP contribution is -2.48. The van der Waals surface area contributed by atoms with Crippen LogP contribution >= 0.6 is 34.8 Å². The van der Waals surface area contributed by atoms with Crippen molar-refractivity contribution in [3.05, 3.63) is 62.2 Å². The third kappa shape index (κ3) is 7.38. The molecule has 3 amide bonds. The fourth-order valence-corrected chi connectivity index (χ4v) is 3.18. The Kier molecular flexibility index (Phi) is 8.72. The Bertz CT molecular complexity index is 994. The summed E-state index contributed by atoms with van der Waals surface area (Å²) < 4.78 is 0.964. The number of aryl methyl sites for hydroxylation is 3. The highest BCUT2D eigenvalue weighted by Gasteiger charge is 2.11. The molecule has 0 saturated heterocycles. The van der Waals surface area contributed by atoms with E-state index in [0.717, 1.165) is 25.9 Å². The first-order valence-corrected chi connectivity index (χ1v) is 10.7. The van der Waals surface area contributed by atoms with Crippen LogP contribution in [-0.4, -0.2) is 22.8 Å². The number of hydrogen-bond donors (Lipinski definition) is 4. The van der Waals surface area contributed by atoms with Crippen LogP contribution in [0.1, 0.15) is 39.9 Å². The predicted molar refractivity (Wildman–Crippen MR) is 129 cm³/mol. The lowest BCUT2D eigenvalue weighted by atomic mass is 10.1. The Morgan fingerprint density at radius 2 is 1.60 bits per heavy atom. The molecule has 0 spiro atoms. The third-order valence-corrected chi connectivity index (χ3v) is 5.58. The van der Waals surface area contributed by atoms with Crippen molar-refractivity contribution in [1.82, 2.24) is 16.2 Å². The second-order valence-electron chi connectivity index (χ2n) is 6.79. The molecular formula is C21H23IN4O3S. The first-order chi connectivity index (χ1) is 14.2. The molecule has 7 nitrogen and oxygen atoms in total. The first kappa shape index (κ1) is 23.7. The molecule has 0 aliphatic rings. The molecule has 9 heteroatoms. The van der Waals surface area contributed by atoms with Gasteiger partial charge in [0.25, 0.3) is 5.91 Å². The van der Waals surface area contributed by atoms with Crippen LogP contribution in [0, 0.1) is 24.3 Å². The molecule has 0 unspecified atom stereocenters. The van der Waals surface area contributed by atoms with Crippen molar-refractivity contribution in [1.29, 1.82) is 0 Å². The van der Waals surface area contributed by atoms with E-state index in [1.54, 1.807) is 12.1 Å². The zero-order chi connectivity index (χ0) is 22.3. The van der Waals surface area contributed by atoms with E-state index in [1.807, 2.05) is 45.0 Å². The molecule has 30 heavy (non-hydrogen) atoms. The van der Waals surface area contributed by atoms with Crippen LogP contribution in [0.4, 0.5) is 5.69 Å². The summed E-state index contributed by atoms with van der Waals surface area (Å²) in [5.74, 6) is -1.07. The van der Waals surface area contributed by atoms with Crippen LogP contribution in [0.2, 0.25) is 0 Å². The van der Waals surface area contributed by atoms with Crippen molar-refractivity contribution in [2.24, 2.45) is 0 Å². The number of carbonyl (C=O) groups is 3. The average molecular weight is 538 g/mol. The quantitative estimate of drug-likeness (QED) is 0.266. The van der Waals surface area contributed by atoms with Gasteiger partial charge >= 0.3 is 0 Å². The molecule has 0 aromatic heterocycles. The van der Waals surface area contributed by atoms with Gasteiger partial charge in [-0.1, -0.05) is 23.8 Å². The number of benzene rings is 2.